The van der Waals surface area contributed by atoms with Gasteiger partial charge in [-0.2, -0.15) is 5.10 Å². The number of nitrogens with one attached hydrogen (secondary N) is 1. The number of aromatic amines is 1. The van der Waals surface area contributed by atoms with Gasteiger partial charge in [-0.15, -0.1) is 11.3 Å². The Hall–Kier alpha value is -1.88. The summed E-state index contributed by atoms with van der Waals surface area (Å²) in [6, 6.07) is 6.84. The number of nitrogens with zero attached hydrogens (tertiary/aromatic N) is 1. The molecule has 0 atom stereocenters. The fraction of sp³-hybridized carbons (Fsp3) is 0.154. The number of nitrogens with two attached hydrogens (primary N) is 1. The van der Waals surface area contributed by atoms with Crippen molar-refractivity contribution in [1.29, 1.82) is 0 Å². The summed E-state index contributed by atoms with van der Waals surface area (Å²) >= 11 is 1.54. The molecule has 3 N–H and O–H groups in total. The van der Waals surface area contributed by atoms with Crippen LogP contribution in [-0.2, 0) is 6.42 Å². The minimum atomic E-state index is -0.212. The second-order valence-corrected chi connectivity index (χ2v) is 5.19. The molecule has 0 unspecified atom stereocenters. The zero-order chi connectivity index (χ0) is 12.7. The normalized spacial score (nSPS) is 11.2. The molecule has 5 heteroatoms. The van der Waals surface area contributed by atoms with Gasteiger partial charge in [-0.3, -0.25) is 5.10 Å². The van der Waals surface area contributed by atoms with E-state index in [0.717, 1.165) is 32.6 Å². The second kappa shape index (κ2) is 4.10. The van der Waals surface area contributed by atoms with Gasteiger partial charge in [-0.05, 0) is 30.0 Å². The summed E-state index contributed by atoms with van der Waals surface area (Å²) in [7, 11) is 0. The highest BCUT2D eigenvalue weighted by Gasteiger charge is 2.13. The van der Waals surface area contributed by atoms with Gasteiger partial charge < -0.3 is 5.73 Å². The number of rotatable bonds is 2. The molecule has 0 fully saturated rings. The fourth-order valence-electron chi connectivity index (χ4n) is 2.07. The van der Waals surface area contributed by atoms with E-state index in [-0.39, 0.29) is 5.82 Å². The van der Waals surface area contributed by atoms with Gasteiger partial charge in [-0.25, -0.2) is 4.39 Å². The molecule has 0 aliphatic carbocycles. The zero-order valence-electron chi connectivity index (χ0n) is 9.83. The van der Waals surface area contributed by atoms with Crippen LogP contribution in [-0.4, -0.2) is 10.2 Å². The smallest absolute Gasteiger partial charge is 0.149 e. The molecule has 0 saturated heterocycles. The average molecular weight is 261 g/mol. The van der Waals surface area contributed by atoms with Gasteiger partial charge in [0.05, 0.1) is 10.6 Å². The maximum Gasteiger partial charge on any atom is 0.149 e. The number of thiophene rings is 1. The number of halogens is 1. The third-order valence-electron chi connectivity index (χ3n) is 2.98. The van der Waals surface area contributed by atoms with Crippen LogP contribution in [0.15, 0.2) is 24.3 Å². The van der Waals surface area contributed by atoms with Crippen LogP contribution in [0.4, 0.5) is 10.2 Å². The van der Waals surface area contributed by atoms with Crippen LogP contribution in [0.3, 0.4) is 0 Å². The van der Waals surface area contributed by atoms with Crippen molar-refractivity contribution in [1.82, 2.24) is 10.2 Å². The van der Waals surface area contributed by atoms with Gasteiger partial charge in [-0.1, -0.05) is 13.0 Å². The Morgan fingerprint density at radius 3 is 3.00 bits per heavy atom. The predicted octanol–water partition coefficient (Wildman–Crippen LogP) is 3.58. The Balaban J connectivity index is 2.19. The van der Waals surface area contributed by atoms with Crippen molar-refractivity contribution in [2.45, 2.75) is 13.3 Å². The van der Waals surface area contributed by atoms with E-state index in [0.29, 0.717) is 5.82 Å². The van der Waals surface area contributed by atoms with Crippen molar-refractivity contribution in [2.75, 3.05) is 5.73 Å². The highest BCUT2D eigenvalue weighted by atomic mass is 32.1. The van der Waals surface area contributed by atoms with E-state index >= 15 is 0 Å². The SMILES string of the molecule is CCc1c(N)n[nH]c1-c1cc2ccc(F)cc2s1. The molecule has 0 bridgehead atoms. The van der Waals surface area contributed by atoms with E-state index in [4.69, 9.17) is 5.73 Å². The van der Waals surface area contributed by atoms with Gasteiger partial charge in [0.15, 0.2) is 0 Å². The number of hydrogen-bond acceptors (Lipinski definition) is 3. The molecular weight excluding hydrogens is 249 g/mol. The van der Waals surface area contributed by atoms with Crippen molar-refractivity contribution >= 4 is 27.2 Å². The Labute approximate surface area is 107 Å². The molecule has 2 heterocycles. The van der Waals surface area contributed by atoms with E-state index in [1.54, 1.807) is 23.5 Å². The van der Waals surface area contributed by atoms with Crippen LogP contribution < -0.4 is 5.73 Å². The minimum absolute atomic E-state index is 0.212. The highest BCUT2D eigenvalue weighted by molar-refractivity contribution is 7.22. The molecule has 1 aromatic carbocycles. The Kier molecular flexibility index (Phi) is 2.56. The van der Waals surface area contributed by atoms with Crippen molar-refractivity contribution < 1.29 is 4.39 Å². The summed E-state index contributed by atoms with van der Waals surface area (Å²) in [5.74, 6) is 0.326. The number of aromatic nitrogens is 2. The van der Waals surface area contributed by atoms with Gasteiger partial charge >= 0.3 is 0 Å². The summed E-state index contributed by atoms with van der Waals surface area (Å²) in [4.78, 5) is 1.04. The van der Waals surface area contributed by atoms with E-state index in [1.807, 2.05) is 13.0 Å². The maximum absolute atomic E-state index is 13.2. The molecule has 3 rings (SSSR count). The third-order valence-corrected chi connectivity index (χ3v) is 4.10. The first-order chi connectivity index (χ1) is 8.69. The molecule has 0 aliphatic heterocycles. The first kappa shape index (κ1) is 11.2. The predicted molar refractivity (Wildman–Crippen MR) is 73.2 cm³/mol. The number of benzene rings is 1. The Bertz CT molecular complexity index is 714. The maximum atomic E-state index is 13.2. The largest absolute Gasteiger partial charge is 0.382 e. The Morgan fingerprint density at radius 2 is 2.22 bits per heavy atom. The minimum Gasteiger partial charge on any atom is -0.382 e. The molecule has 92 valence electrons. The van der Waals surface area contributed by atoms with Gasteiger partial charge in [0.2, 0.25) is 0 Å². The van der Waals surface area contributed by atoms with Crippen molar-refractivity contribution in [2.24, 2.45) is 0 Å². The highest BCUT2D eigenvalue weighted by Crippen LogP contribution is 2.35. The molecule has 0 aliphatic rings. The molecule has 18 heavy (non-hydrogen) atoms. The number of anilines is 1. The van der Waals surface area contributed by atoms with Crippen LogP contribution >= 0.6 is 11.3 Å². The van der Waals surface area contributed by atoms with Crippen molar-refractivity contribution in [3.8, 4) is 10.6 Å². The molecular formula is C13H12FN3S. The number of hydrogen-bond donors (Lipinski definition) is 2. The lowest BCUT2D eigenvalue weighted by Gasteiger charge is -1.96. The summed E-state index contributed by atoms with van der Waals surface area (Å²) in [6.07, 6.45) is 0.820. The van der Waals surface area contributed by atoms with E-state index in [2.05, 4.69) is 10.2 Å². The topological polar surface area (TPSA) is 54.7 Å². The molecule has 0 saturated carbocycles. The van der Waals surface area contributed by atoms with Crippen molar-refractivity contribution in [3.63, 3.8) is 0 Å². The summed E-state index contributed by atoms with van der Waals surface area (Å²) in [5.41, 5.74) is 7.77. The number of fused-ring (bicyclic) bond motifs is 1. The van der Waals surface area contributed by atoms with Gasteiger partial charge in [0, 0.05) is 10.3 Å². The number of nitrogen functional groups attached to an aromatic ring is 1. The molecule has 0 amide bonds. The standard InChI is InChI=1S/C13H12FN3S/c1-2-9-12(16-17-13(9)15)11-5-7-3-4-8(14)6-10(7)18-11/h3-6H,2H2,1H3,(H3,15,16,17). The molecule has 3 aromatic rings. The first-order valence-corrected chi connectivity index (χ1v) is 6.53. The van der Waals surface area contributed by atoms with Crippen LogP contribution in [0, 0.1) is 5.82 Å². The second-order valence-electron chi connectivity index (χ2n) is 4.11. The van der Waals surface area contributed by atoms with Crippen LogP contribution in [0.25, 0.3) is 20.7 Å². The molecule has 3 nitrogen and oxygen atoms in total. The van der Waals surface area contributed by atoms with E-state index in [9.17, 15) is 4.39 Å². The first-order valence-electron chi connectivity index (χ1n) is 5.71. The lowest BCUT2D eigenvalue weighted by atomic mass is 10.1. The van der Waals surface area contributed by atoms with E-state index in [1.165, 1.54) is 6.07 Å². The lowest BCUT2D eigenvalue weighted by molar-refractivity contribution is 0.630. The summed E-state index contributed by atoms with van der Waals surface area (Å²) < 4.78 is 14.1. The summed E-state index contributed by atoms with van der Waals surface area (Å²) in [5, 5.41) is 8.03. The Morgan fingerprint density at radius 1 is 1.39 bits per heavy atom. The van der Waals surface area contributed by atoms with E-state index < -0.39 is 0 Å². The van der Waals surface area contributed by atoms with Crippen molar-refractivity contribution in [3.05, 3.63) is 35.6 Å². The van der Waals surface area contributed by atoms with Gasteiger partial charge in [0.25, 0.3) is 0 Å². The van der Waals surface area contributed by atoms with Crippen LogP contribution in [0.1, 0.15) is 12.5 Å². The third kappa shape index (κ3) is 1.67. The fourth-order valence-corrected chi connectivity index (χ4v) is 3.18. The van der Waals surface area contributed by atoms with Gasteiger partial charge in [0.1, 0.15) is 11.6 Å². The summed E-state index contributed by atoms with van der Waals surface area (Å²) in [6.45, 7) is 2.04. The number of H-pyrrole nitrogens is 1. The quantitative estimate of drug-likeness (QED) is 0.741. The monoisotopic (exact) mass is 261 g/mol. The average Bonchev–Trinajstić information content (AvgIpc) is 2.91. The molecule has 2 aromatic heterocycles. The van der Waals surface area contributed by atoms with Crippen LogP contribution in [0.5, 0.6) is 0 Å². The zero-order valence-corrected chi connectivity index (χ0v) is 10.6. The molecule has 0 radical (unpaired) electrons. The lowest BCUT2D eigenvalue weighted by Crippen LogP contribution is -1.90. The molecule has 0 spiro atoms. The van der Waals surface area contributed by atoms with Crippen LogP contribution in [0.2, 0.25) is 0 Å².